The Bertz CT molecular complexity index is 549. The molecule has 23 heavy (non-hydrogen) atoms. The van der Waals surface area contributed by atoms with Crippen molar-refractivity contribution in [1.29, 1.82) is 0 Å². The summed E-state index contributed by atoms with van der Waals surface area (Å²) in [5, 5.41) is 5.76. The molecule has 0 radical (unpaired) electrons. The highest BCUT2D eigenvalue weighted by atomic mass is 32.1. The summed E-state index contributed by atoms with van der Waals surface area (Å²) in [5.41, 5.74) is 0.949. The van der Waals surface area contributed by atoms with Gasteiger partial charge in [-0.25, -0.2) is 9.78 Å². The number of carbonyl (C=O) groups is 2. The van der Waals surface area contributed by atoms with E-state index in [0.717, 1.165) is 17.1 Å². The minimum Gasteiger partial charge on any atom is -0.383 e. The standard InChI is InChI=1S/C15H24N4O3S/c1-11-10-23-14(16-11)12(2)17-15(21)19-6-4-5-18(7-8-22-3)13(20)9-19/h10,12H,4-9H2,1-3H3,(H,17,21). The van der Waals surface area contributed by atoms with Gasteiger partial charge in [-0.1, -0.05) is 0 Å². The van der Waals surface area contributed by atoms with E-state index in [1.54, 1.807) is 16.9 Å². The van der Waals surface area contributed by atoms with Crippen LogP contribution in [0.15, 0.2) is 5.38 Å². The summed E-state index contributed by atoms with van der Waals surface area (Å²) >= 11 is 1.53. The van der Waals surface area contributed by atoms with Crippen LogP contribution in [0, 0.1) is 6.92 Å². The van der Waals surface area contributed by atoms with Gasteiger partial charge in [-0.05, 0) is 20.3 Å². The van der Waals surface area contributed by atoms with E-state index >= 15 is 0 Å². The number of nitrogens with zero attached hydrogens (tertiary/aromatic N) is 3. The van der Waals surface area contributed by atoms with Crippen LogP contribution in [0.3, 0.4) is 0 Å². The molecule has 1 unspecified atom stereocenters. The number of hydrogen-bond acceptors (Lipinski definition) is 5. The fourth-order valence-electron chi connectivity index (χ4n) is 2.44. The molecule has 7 nitrogen and oxygen atoms in total. The van der Waals surface area contributed by atoms with E-state index < -0.39 is 0 Å². The zero-order chi connectivity index (χ0) is 16.8. The number of rotatable bonds is 5. The number of aryl methyl sites for hydroxylation is 1. The van der Waals surface area contributed by atoms with Gasteiger partial charge in [0.15, 0.2) is 0 Å². The molecule has 8 heteroatoms. The molecule has 128 valence electrons. The van der Waals surface area contributed by atoms with Crippen molar-refractivity contribution in [3.63, 3.8) is 0 Å². The lowest BCUT2D eigenvalue weighted by Crippen LogP contribution is -2.45. The van der Waals surface area contributed by atoms with Crippen molar-refractivity contribution in [2.75, 3.05) is 39.9 Å². The van der Waals surface area contributed by atoms with Crippen molar-refractivity contribution in [3.8, 4) is 0 Å². The largest absolute Gasteiger partial charge is 0.383 e. The van der Waals surface area contributed by atoms with Gasteiger partial charge in [0.05, 0.1) is 12.6 Å². The number of hydrogen-bond donors (Lipinski definition) is 1. The molecule has 1 fully saturated rings. The smallest absolute Gasteiger partial charge is 0.318 e. The maximum absolute atomic E-state index is 12.4. The lowest BCUT2D eigenvalue weighted by Gasteiger charge is -2.23. The first-order valence-corrected chi connectivity index (χ1v) is 8.63. The summed E-state index contributed by atoms with van der Waals surface area (Å²) in [7, 11) is 1.61. The number of nitrogens with one attached hydrogen (secondary N) is 1. The van der Waals surface area contributed by atoms with Crippen molar-refractivity contribution < 1.29 is 14.3 Å². The van der Waals surface area contributed by atoms with Crippen LogP contribution in [0.4, 0.5) is 4.79 Å². The monoisotopic (exact) mass is 340 g/mol. The highest BCUT2D eigenvalue weighted by molar-refractivity contribution is 7.09. The van der Waals surface area contributed by atoms with Crippen LogP contribution in [0.2, 0.25) is 0 Å². The third kappa shape index (κ3) is 4.90. The minimum atomic E-state index is -0.215. The summed E-state index contributed by atoms with van der Waals surface area (Å²) < 4.78 is 5.02. The molecule has 1 N–H and O–H groups in total. The molecule has 0 aromatic carbocycles. The molecule has 1 aromatic heterocycles. The summed E-state index contributed by atoms with van der Waals surface area (Å²) in [5.74, 6) is -0.0348. The Morgan fingerprint density at radius 1 is 1.52 bits per heavy atom. The van der Waals surface area contributed by atoms with E-state index in [2.05, 4.69) is 10.3 Å². The molecular formula is C15H24N4O3S. The summed E-state index contributed by atoms with van der Waals surface area (Å²) in [6.45, 7) is 6.26. The van der Waals surface area contributed by atoms with Crippen LogP contribution in [0.25, 0.3) is 0 Å². The van der Waals surface area contributed by atoms with Crippen LogP contribution in [0.1, 0.15) is 30.1 Å². The van der Waals surface area contributed by atoms with Crippen LogP contribution in [-0.4, -0.2) is 66.6 Å². The second-order valence-corrected chi connectivity index (χ2v) is 6.54. The SMILES string of the molecule is COCCN1CCCN(C(=O)NC(C)c2nc(C)cs2)CC1=O. The fraction of sp³-hybridized carbons (Fsp3) is 0.667. The maximum Gasteiger partial charge on any atom is 0.318 e. The van der Waals surface area contributed by atoms with Gasteiger partial charge in [0, 0.05) is 37.8 Å². The third-order valence-electron chi connectivity index (χ3n) is 3.73. The molecule has 1 atom stereocenters. The average molecular weight is 340 g/mol. The zero-order valence-corrected chi connectivity index (χ0v) is 14.7. The molecule has 2 rings (SSSR count). The number of urea groups is 1. The minimum absolute atomic E-state index is 0.0348. The van der Waals surface area contributed by atoms with Gasteiger partial charge in [0.25, 0.3) is 0 Å². The summed E-state index contributed by atoms with van der Waals surface area (Å²) in [4.78, 5) is 32.4. The van der Waals surface area contributed by atoms with Crippen molar-refractivity contribution >= 4 is 23.3 Å². The number of ether oxygens (including phenoxy) is 1. The van der Waals surface area contributed by atoms with E-state index in [0.29, 0.717) is 26.2 Å². The second-order valence-electron chi connectivity index (χ2n) is 5.65. The second kappa shape index (κ2) is 8.26. The van der Waals surface area contributed by atoms with Gasteiger partial charge in [-0.15, -0.1) is 11.3 Å². The van der Waals surface area contributed by atoms with Gasteiger partial charge in [-0.3, -0.25) is 4.79 Å². The van der Waals surface area contributed by atoms with E-state index in [1.165, 1.54) is 11.3 Å². The lowest BCUT2D eigenvalue weighted by atomic mass is 10.3. The van der Waals surface area contributed by atoms with Crippen LogP contribution in [0.5, 0.6) is 0 Å². The molecule has 1 saturated heterocycles. The van der Waals surface area contributed by atoms with E-state index in [-0.39, 0.29) is 24.5 Å². The van der Waals surface area contributed by atoms with Gasteiger partial charge < -0.3 is 19.9 Å². The molecule has 1 aliphatic rings. The van der Waals surface area contributed by atoms with Crippen molar-refractivity contribution in [3.05, 3.63) is 16.1 Å². The van der Waals surface area contributed by atoms with E-state index in [1.807, 2.05) is 19.2 Å². The number of carbonyl (C=O) groups excluding carboxylic acids is 2. The van der Waals surface area contributed by atoms with Crippen LogP contribution < -0.4 is 5.32 Å². The molecule has 0 saturated carbocycles. The van der Waals surface area contributed by atoms with Gasteiger partial charge in [-0.2, -0.15) is 0 Å². The first-order valence-electron chi connectivity index (χ1n) is 7.75. The average Bonchev–Trinajstić information content (AvgIpc) is 2.86. The Labute approximate surface area is 140 Å². The molecule has 0 bridgehead atoms. The first-order chi connectivity index (χ1) is 11.0. The van der Waals surface area contributed by atoms with E-state index in [4.69, 9.17) is 4.74 Å². The van der Waals surface area contributed by atoms with Crippen molar-refractivity contribution in [2.24, 2.45) is 0 Å². The molecule has 3 amide bonds. The number of aromatic nitrogens is 1. The highest BCUT2D eigenvalue weighted by Gasteiger charge is 2.25. The predicted octanol–water partition coefficient (Wildman–Crippen LogP) is 1.40. The summed E-state index contributed by atoms with van der Waals surface area (Å²) in [6, 6.07) is -0.378. The molecular weight excluding hydrogens is 316 g/mol. The Morgan fingerprint density at radius 3 is 2.96 bits per heavy atom. The van der Waals surface area contributed by atoms with Crippen LogP contribution >= 0.6 is 11.3 Å². The fourth-order valence-corrected chi connectivity index (χ4v) is 3.24. The molecule has 0 aliphatic carbocycles. The summed E-state index contributed by atoms with van der Waals surface area (Å²) in [6.07, 6.45) is 0.771. The Morgan fingerprint density at radius 2 is 2.30 bits per heavy atom. The van der Waals surface area contributed by atoms with Gasteiger partial charge >= 0.3 is 6.03 Å². The quantitative estimate of drug-likeness (QED) is 0.879. The molecule has 1 aliphatic heterocycles. The third-order valence-corrected chi connectivity index (χ3v) is 4.88. The number of amides is 3. The van der Waals surface area contributed by atoms with Crippen molar-refractivity contribution in [1.82, 2.24) is 20.1 Å². The molecule has 0 spiro atoms. The van der Waals surface area contributed by atoms with Gasteiger partial charge in [0.2, 0.25) is 5.91 Å². The zero-order valence-electron chi connectivity index (χ0n) is 13.9. The predicted molar refractivity (Wildman–Crippen MR) is 88.4 cm³/mol. The molecule has 1 aromatic rings. The lowest BCUT2D eigenvalue weighted by molar-refractivity contribution is -0.131. The van der Waals surface area contributed by atoms with E-state index in [9.17, 15) is 9.59 Å². The van der Waals surface area contributed by atoms with Gasteiger partial charge in [0.1, 0.15) is 11.6 Å². The van der Waals surface area contributed by atoms with Crippen molar-refractivity contribution in [2.45, 2.75) is 26.3 Å². The Kier molecular flexibility index (Phi) is 6.35. The highest BCUT2D eigenvalue weighted by Crippen LogP contribution is 2.18. The molecule has 2 heterocycles. The number of methoxy groups -OCH3 is 1. The van der Waals surface area contributed by atoms with Crippen LogP contribution in [-0.2, 0) is 9.53 Å². The normalized spacial score (nSPS) is 17.1. The Balaban J connectivity index is 1.90. The topological polar surface area (TPSA) is 74.8 Å². The number of thiazole rings is 1. The first kappa shape index (κ1) is 17.7. The maximum atomic E-state index is 12.4. The Hall–Kier alpha value is -1.67.